The third-order valence-electron chi connectivity index (χ3n) is 4.85. The molecule has 5 heteroatoms. The molecule has 1 aromatic carbocycles. The molecular formula is C20H22ClN3S. The predicted molar refractivity (Wildman–Crippen MR) is 108 cm³/mol. The van der Waals surface area contributed by atoms with Crippen LogP contribution in [0.4, 0.5) is 5.82 Å². The van der Waals surface area contributed by atoms with Crippen LogP contribution >= 0.6 is 22.9 Å². The van der Waals surface area contributed by atoms with Gasteiger partial charge >= 0.3 is 0 Å². The Morgan fingerprint density at radius 2 is 2.04 bits per heavy atom. The summed E-state index contributed by atoms with van der Waals surface area (Å²) in [5, 5.41) is 13.5. The van der Waals surface area contributed by atoms with E-state index in [1.807, 2.05) is 18.2 Å². The second-order valence-corrected chi connectivity index (χ2v) is 7.97. The number of hydrogen-bond acceptors (Lipinski definition) is 4. The number of thiophene rings is 1. The van der Waals surface area contributed by atoms with E-state index in [4.69, 9.17) is 16.6 Å². The summed E-state index contributed by atoms with van der Waals surface area (Å²) >= 11 is 7.81. The van der Waals surface area contributed by atoms with Crippen molar-refractivity contribution in [2.24, 2.45) is 0 Å². The number of nitrogens with one attached hydrogen (secondary N) is 2. The standard InChI is InChI=1S/C20H22ClN3S/c21-16-5-6-19-15(10-16)4-7-20(24-19)23-18-3-1-2-17(11-18)22-12-14-8-9-25-13-14/h4-10,13,17-18,22H,1-3,11-12H2,(H,23,24). The first-order valence-electron chi connectivity index (χ1n) is 8.83. The van der Waals surface area contributed by atoms with E-state index in [0.717, 1.165) is 34.7 Å². The van der Waals surface area contributed by atoms with Gasteiger partial charge in [0.05, 0.1) is 5.52 Å². The monoisotopic (exact) mass is 371 g/mol. The van der Waals surface area contributed by atoms with E-state index in [1.54, 1.807) is 11.3 Å². The second kappa shape index (κ2) is 7.73. The van der Waals surface area contributed by atoms with Gasteiger partial charge in [-0.2, -0.15) is 11.3 Å². The third-order valence-corrected chi connectivity index (χ3v) is 5.82. The summed E-state index contributed by atoms with van der Waals surface area (Å²) in [6, 6.07) is 13.2. The zero-order valence-electron chi connectivity index (χ0n) is 14.0. The van der Waals surface area contributed by atoms with Gasteiger partial charge in [0.25, 0.3) is 0 Å². The zero-order valence-corrected chi connectivity index (χ0v) is 15.6. The van der Waals surface area contributed by atoms with Gasteiger partial charge in [0.1, 0.15) is 5.82 Å². The van der Waals surface area contributed by atoms with Crippen LogP contribution in [-0.2, 0) is 6.54 Å². The summed E-state index contributed by atoms with van der Waals surface area (Å²) in [7, 11) is 0. The number of anilines is 1. The molecule has 0 saturated heterocycles. The predicted octanol–water partition coefficient (Wildman–Crippen LogP) is 5.46. The van der Waals surface area contributed by atoms with Crippen molar-refractivity contribution < 1.29 is 0 Å². The first kappa shape index (κ1) is 16.8. The Morgan fingerprint density at radius 3 is 2.92 bits per heavy atom. The van der Waals surface area contributed by atoms with Crippen LogP contribution in [0, 0.1) is 0 Å². The van der Waals surface area contributed by atoms with Gasteiger partial charge in [-0.25, -0.2) is 4.98 Å². The highest BCUT2D eigenvalue weighted by atomic mass is 35.5. The summed E-state index contributed by atoms with van der Waals surface area (Å²) in [6.07, 6.45) is 4.86. The van der Waals surface area contributed by atoms with Crippen molar-refractivity contribution in [1.82, 2.24) is 10.3 Å². The number of benzene rings is 1. The largest absolute Gasteiger partial charge is 0.367 e. The summed E-state index contributed by atoms with van der Waals surface area (Å²) < 4.78 is 0. The summed E-state index contributed by atoms with van der Waals surface area (Å²) in [6.45, 7) is 0.968. The lowest BCUT2D eigenvalue weighted by atomic mass is 9.91. The van der Waals surface area contributed by atoms with Crippen molar-refractivity contribution in [2.45, 2.75) is 44.3 Å². The molecule has 0 radical (unpaired) electrons. The molecule has 3 aromatic rings. The molecule has 0 spiro atoms. The minimum Gasteiger partial charge on any atom is -0.367 e. The quantitative estimate of drug-likeness (QED) is 0.625. The maximum atomic E-state index is 6.05. The van der Waals surface area contributed by atoms with E-state index in [1.165, 1.54) is 24.8 Å². The molecule has 3 nitrogen and oxygen atoms in total. The van der Waals surface area contributed by atoms with Gasteiger partial charge in [-0.05, 0) is 78.4 Å². The van der Waals surface area contributed by atoms with Gasteiger partial charge in [-0.3, -0.25) is 0 Å². The van der Waals surface area contributed by atoms with Crippen LogP contribution in [-0.4, -0.2) is 17.1 Å². The molecular weight excluding hydrogens is 350 g/mol. The van der Waals surface area contributed by atoms with E-state index in [9.17, 15) is 0 Å². The highest BCUT2D eigenvalue weighted by Crippen LogP contribution is 2.24. The normalized spacial score (nSPS) is 20.7. The topological polar surface area (TPSA) is 37.0 Å². The molecule has 1 fully saturated rings. The highest BCUT2D eigenvalue weighted by molar-refractivity contribution is 7.07. The van der Waals surface area contributed by atoms with Crippen molar-refractivity contribution >= 4 is 39.7 Å². The fourth-order valence-corrected chi connectivity index (χ4v) is 4.40. The van der Waals surface area contributed by atoms with Crippen LogP contribution in [0.1, 0.15) is 31.2 Å². The van der Waals surface area contributed by atoms with Crippen molar-refractivity contribution in [2.75, 3.05) is 5.32 Å². The van der Waals surface area contributed by atoms with Gasteiger partial charge in [0.15, 0.2) is 0 Å². The molecule has 25 heavy (non-hydrogen) atoms. The van der Waals surface area contributed by atoms with Crippen LogP contribution in [0.25, 0.3) is 10.9 Å². The van der Waals surface area contributed by atoms with Crippen molar-refractivity contribution in [3.63, 3.8) is 0 Å². The third kappa shape index (κ3) is 4.32. The van der Waals surface area contributed by atoms with Crippen LogP contribution in [0.2, 0.25) is 5.02 Å². The first-order chi connectivity index (χ1) is 12.3. The fraction of sp³-hybridized carbons (Fsp3) is 0.350. The number of aromatic nitrogens is 1. The Kier molecular flexibility index (Phi) is 5.20. The van der Waals surface area contributed by atoms with Crippen LogP contribution in [0.3, 0.4) is 0 Å². The van der Waals surface area contributed by atoms with Crippen molar-refractivity contribution in [3.05, 3.63) is 57.7 Å². The van der Waals surface area contributed by atoms with Crippen molar-refractivity contribution in [1.29, 1.82) is 0 Å². The maximum absolute atomic E-state index is 6.05. The number of halogens is 1. The lowest BCUT2D eigenvalue weighted by Crippen LogP contribution is -2.38. The molecule has 0 bridgehead atoms. The fourth-order valence-electron chi connectivity index (χ4n) is 3.55. The van der Waals surface area contributed by atoms with E-state index in [0.29, 0.717) is 12.1 Å². The lowest BCUT2D eigenvalue weighted by molar-refractivity contribution is 0.350. The van der Waals surface area contributed by atoms with Crippen LogP contribution < -0.4 is 10.6 Å². The number of pyridine rings is 1. The minimum atomic E-state index is 0.478. The molecule has 4 rings (SSSR count). The van der Waals surface area contributed by atoms with E-state index in [2.05, 4.69) is 39.6 Å². The molecule has 1 aliphatic carbocycles. The molecule has 2 unspecified atom stereocenters. The lowest BCUT2D eigenvalue weighted by Gasteiger charge is -2.30. The van der Waals surface area contributed by atoms with Crippen LogP contribution in [0.15, 0.2) is 47.2 Å². The Morgan fingerprint density at radius 1 is 1.12 bits per heavy atom. The summed E-state index contributed by atoms with van der Waals surface area (Å²) in [5.74, 6) is 0.957. The van der Waals surface area contributed by atoms with Gasteiger partial charge in [0, 0.05) is 29.0 Å². The number of rotatable bonds is 5. The van der Waals surface area contributed by atoms with Gasteiger partial charge in [0.2, 0.25) is 0 Å². The van der Waals surface area contributed by atoms with E-state index < -0.39 is 0 Å². The molecule has 1 aliphatic rings. The molecule has 2 N–H and O–H groups in total. The smallest absolute Gasteiger partial charge is 0.126 e. The van der Waals surface area contributed by atoms with Gasteiger partial charge < -0.3 is 10.6 Å². The average molecular weight is 372 g/mol. The molecule has 130 valence electrons. The highest BCUT2D eigenvalue weighted by Gasteiger charge is 2.21. The SMILES string of the molecule is Clc1ccc2nc(NC3CCCC(NCc4ccsc4)C3)ccc2c1. The molecule has 2 aromatic heterocycles. The van der Waals surface area contributed by atoms with E-state index in [-0.39, 0.29) is 0 Å². The number of nitrogens with zero attached hydrogens (tertiary/aromatic N) is 1. The average Bonchev–Trinajstić information content (AvgIpc) is 3.14. The molecule has 0 aliphatic heterocycles. The number of hydrogen-bond donors (Lipinski definition) is 2. The summed E-state index contributed by atoms with van der Waals surface area (Å²) in [5.41, 5.74) is 2.37. The van der Waals surface area contributed by atoms with Gasteiger partial charge in [-0.15, -0.1) is 0 Å². The molecule has 2 atom stereocenters. The zero-order chi connectivity index (χ0) is 17.1. The molecule has 1 saturated carbocycles. The molecule has 2 heterocycles. The second-order valence-electron chi connectivity index (χ2n) is 6.75. The Bertz CT molecular complexity index is 834. The Balaban J connectivity index is 1.37. The Hall–Kier alpha value is -1.62. The first-order valence-corrected chi connectivity index (χ1v) is 10.2. The minimum absolute atomic E-state index is 0.478. The van der Waals surface area contributed by atoms with E-state index >= 15 is 0 Å². The van der Waals surface area contributed by atoms with Crippen molar-refractivity contribution in [3.8, 4) is 0 Å². The van der Waals surface area contributed by atoms with Gasteiger partial charge in [-0.1, -0.05) is 11.6 Å². The van der Waals surface area contributed by atoms with Crippen LogP contribution in [0.5, 0.6) is 0 Å². The summed E-state index contributed by atoms with van der Waals surface area (Å²) in [4.78, 5) is 4.73. The molecule has 0 amide bonds. The number of fused-ring (bicyclic) bond motifs is 1. The maximum Gasteiger partial charge on any atom is 0.126 e. The Labute approximate surface area is 157 Å².